The molecule has 0 radical (unpaired) electrons. The van der Waals surface area contributed by atoms with Gasteiger partial charge < -0.3 is 10.3 Å². The van der Waals surface area contributed by atoms with E-state index in [0.717, 1.165) is 18.8 Å². The Hall–Kier alpha value is -0.580. The molecule has 1 aliphatic heterocycles. The van der Waals surface area contributed by atoms with Crippen molar-refractivity contribution in [1.29, 1.82) is 0 Å². The fourth-order valence-corrected chi connectivity index (χ4v) is 2.54. The molecule has 1 unspecified atom stereocenters. The monoisotopic (exact) mass is 242 g/mol. The lowest BCUT2D eigenvalue weighted by atomic mass is 10.1. The molecule has 0 spiro atoms. The van der Waals surface area contributed by atoms with E-state index in [0.29, 0.717) is 11.7 Å². The average molecular weight is 243 g/mol. The molecule has 90 valence electrons. The Morgan fingerprint density at radius 1 is 1.44 bits per heavy atom. The predicted octanol–water partition coefficient (Wildman–Crippen LogP) is 1.56. The number of halogens is 1. The number of likely N-dealkylation sites (tertiary alicyclic amines) is 1. The molecule has 4 nitrogen and oxygen atoms in total. The van der Waals surface area contributed by atoms with E-state index in [9.17, 15) is 0 Å². The van der Waals surface area contributed by atoms with Crippen LogP contribution in [0.25, 0.3) is 0 Å². The molecule has 0 aromatic carbocycles. The second kappa shape index (κ2) is 5.17. The highest BCUT2D eigenvalue weighted by Gasteiger charge is 2.25. The van der Waals surface area contributed by atoms with Crippen molar-refractivity contribution in [1.82, 2.24) is 14.5 Å². The molecule has 1 fully saturated rings. The van der Waals surface area contributed by atoms with E-state index >= 15 is 0 Å². The molecular weight excluding hydrogens is 224 g/mol. The van der Waals surface area contributed by atoms with Crippen LogP contribution >= 0.6 is 11.6 Å². The minimum absolute atomic E-state index is 0.175. The third kappa shape index (κ3) is 2.24. The third-order valence-corrected chi connectivity index (χ3v) is 3.72. The summed E-state index contributed by atoms with van der Waals surface area (Å²) < 4.78 is 1.84. The van der Waals surface area contributed by atoms with Gasteiger partial charge in [0.15, 0.2) is 0 Å². The van der Waals surface area contributed by atoms with Crippen LogP contribution in [0.4, 0.5) is 0 Å². The van der Waals surface area contributed by atoms with Gasteiger partial charge in [0.05, 0.1) is 18.1 Å². The summed E-state index contributed by atoms with van der Waals surface area (Å²) in [4.78, 5) is 6.77. The summed E-state index contributed by atoms with van der Waals surface area (Å²) in [5.74, 6) is 0. The average Bonchev–Trinajstić information content (AvgIpc) is 2.64. The van der Waals surface area contributed by atoms with Crippen LogP contribution < -0.4 is 5.73 Å². The smallest absolute Gasteiger partial charge is 0.133 e. The van der Waals surface area contributed by atoms with Gasteiger partial charge in [-0.25, -0.2) is 4.98 Å². The van der Waals surface area contributed by atoms with Gasteiger partial charge >= 0.3 is 0 Å². The van der Waals surface area contributed by atoms with Gasteiger partial charge in [0.1, 0.15) is 5.15 Å². The van der Waals surface area contributed by atoms with E-state index in [1.807, 2.05) is 11.6 Å². The van der Waals surface area contributed by atoms with Crippen LogP contribution in [0.15, 0.2) is 6.33 Å². The molecule has 2 rings (SSSR count). The Kier molecular flexibility index (Phi) is 3.84. The standard InChI is InChI=1S/C11H19ClN4/c1-15-8-14-10(11(15)12)9(7-13)16-5-3-2-4-6-16/h8-9H,2-7,13H2,1H3. The van der Waals surface area contributed by atoms with Crippen molar-refractivity contribution in [3.05, 3.63) is 17.2 Å². The number of hydrogen-bond acceptors (Lipinski definition) is 3. The molecule has 16 heavy (non-hydrogen) atoms. The fourth-order valence-electron chi connectivity index (χ4n) is 2.32. The van der Waals surface area contributed by atoms with Crippen LogP contribution in [0.3, 0.4) is 0 Å². The zero-order valence-electron chi connectivity index (χ0n) is 9.69. The topological polar surface area (TPSA) is 47.1 Å². The zero-order valence-corrected chi connectivity index (χ0v) is 10.5. The van der Waals surface area contributed by atoms with E-state index in [1.54, 1.807) is 6.33 Å². The van der Waals surface area contributed by atoms with E-state index in [1.165, 1.54) is 19.3 Å². The van der Waals surface area contributed by atoms with Crippen LogP contribution in [-0.4, -0.2) is 34.1 Å². The van der Waals surface area contributed by atoms with Gasteiger partial charge in [0.25, 0.3) is 0 Å². The second-order valence-corrected chi connectivity index (χ2v) is 4.74. The predicted molar refractivity (Wildman–Crippen MR) is 65.4 cm³/mol. The summed E-state index contributed by atoms with van der Waals surface area (Å²) in [6, 6.07) is 0.175. The summed E-state index contributed by atoms with van der Waals surface area (Å²) in [5.41, 5.74) is 6.79. The minimum atomic E-state index is 0.175. The molecule has 1 aromatic rings. The molecule has 0 amide bonds. The van der Waals surface area contributed by atoms with Crippen LogP contribution in [0.5, 0.6) is 0 Å². The first-order valence-corrected chi connectivity index (χ1v) is 6.22. The molecular formula is C11H19ClN4. The summed E-state index contributed by atoms with van der Waals surface area (Å²) >= 11 is 6.22. The first-order chi connectivity index (χ1) is 7.74. The Balaban J connectivity index is 2.18. The number of nitrogens with zero attached hydrogens (tertiary/aromatic N) is 3. The van der Waals surface area contributed by atoms with E-state index < -0.39 is 0 Å². The number of aryl methyl sites for hydroxylation is 1. The molecule has 2 heterocycles. The van der Waals surface area contributed by atoms with Crippen LogP contribution in [0, 0.1) is 0 Å². The highest BCUT2D eigenvalue weighted by atomic mass is 35.5. The minimum Gasteiger partial charge on any atom is -0.329 e. The molecule has 5 heteroatoms. The lowest BCUT2D eigenvalue weighted by molar-refractivity contribution is 0.165. The van der Waals surface area contributed by atoms with Crippen molar-refractivity contribution in [2.45, 2.75) is 25.3 Å². The number of nitrogens with two attached hydrogens (primary N) is 1. The van der Waals surface area contributed by atoms with Crippen molar-refractivity contribution in [2.24, 2.45) is 12.8 Å². The maximum Gasteiger partial charge on any atom is 0.133 e. The van der Waals surface area contributed by atoms with Crippen molar-refractivity contribution in [3.8, 4) is 0 Å². The molecule has 0 saturated carbocycles. The molecule has 1 aromatic heterocycles. The van der Waals surface area contributed by atoms with Crippen molar-refractivity contribution < 1.29 is 0 Å². The first-order valence-electron chi connectivity index (χ1n) is 5.85. The first kappa shape index (κ1) is 11.9. The SMILES string of the molecule is Cn1cnc(C(CN)N2CCCCC2)c1Cl. The summed E-state index contributed by atoms with van der Waals surface area (Å²) in [6.07, 6.45) is 5.58. The van der Waals surface area contributed by atoms with Crippen molar-refractivity contribution in [2.75, 3.05) is 19.6 Å². The van der Waals surface area contributed by atoms with Gasteiger partial charge in [-0.05, 0) is 25.9 Å². The van der Waals surface area contributed by atoms with Crippen LogP contribution in [-0.2, 0) is 7.05 Å². The zero-order chi connectivity index (χ0) is 11.5. The van der Waals surface area contributed by atoms with Gasteiger partial charge in [0.2, 0.25) is 0 Å². The number of imidazole rings is 1. The van der Waals surface area contributed by atoms with Crippen LogP contribution in [0.2, 0.25) is 5.15 Å². The van der Waals surface area contributed by atoms with E-state index in [4.69, 9.17) is 17.3 Å². The Morgan fingerprint density at radius 2 is 2.12 bits per heavy atom. The lowest BCUT2D eigenvalue weighted by Gasteiger charge is -2.33. The number of hydrogen-bond donors (Lipinski definition) is 1. The van der Waals surface area contributed by atoms with Gasteiger partial charge in [-0.1, -0.05) is 18.0 Å². The Morgan fingerprint density at radius 3 is 2.62 bits per heavy atom. The summed E-state index contributed by atoms with van der Waals surface area (Å²) in [6.45, 7) is 2.79. The quantitative estimate of drug-likeness (QED) is 0.875. The Labute approximate surface area is 101 Å². The molecule has 0 aliphatic carbocycles. The Bertz CT molecular complexity index is 344. The maximum atomic E-state index is 6.22. The molecule has 1 atom stereocenters. The largest absolute Gasteiger partial charge is 0.329 e. The van der Waals surface area contributed by atoms with Gasteiger partial charge in [0, 0.05) is 13.6 Å². The van der Waals surface area contributed by atoms with Crippen molar-refractivity contribution >= 4 is 11.6 Å². The number of rotatable bonds is 3. The van der Waals surface area contributed by atoms with Gasteiger partial charge in [-0.3, -0.25) is 4.90 Å². The fraction of sp³-hybridized carbons (Fsp3) is 0.727. The highest BCUT2D eigenvalue weighted by molar-refractivity contribution is 6.30. The van der Waals surface area contributed by atoms with Gasteiger partial charge in [-0.15, -0.1) is 0 Å². The van der Waals surface area contributed by atoms with Crippen molar-refractivity contribution in [3.63, 3.8) is 0 Å². The molecule has 1 saturated heterocycles. The molecule has 1 aliphatic rings. The third-order valence-electron chi connectivity index (χ3n) is 3.26. The maximum absolute atomic E-state index is 6.22. The summed E-state index contributed by atoms with van der Waals surface area (Å²) in [5, 5.41) is 0.709. The van der Waals surface area contributed by atoms with Gasteiger partial charge in [-0.2, -0.15) is 0 Å². The number of aromatic nitrogens is 2. The normalized spacial score (nSPS) is 19.9. The summed E-state index contributed by atoms with van der Waals surface area (Å²) in [7, 11) is 1.91. The lowest BCUT2D eigenvalue weighted by Crippen LogP contribution is -2.37. The van der Waals surface area contributed by atoms with E-state index in [-0.39, 0.29) is 6.04 Å². The second-order valence-electron chi connectivity index (χ2n) is 4.38. The number of piperidine rings is 1. The van der Waals surface area contributed by atoms with E-state index in [2.05, 4.69) is 9.88 Å². The molecule has 2 N–H and O–H groups in total. The highest BCUT2D eigenvalue weighted by Crippen LogP contribution is 2.27. The van der Waals surface area contributed by atoms with Crippen LogP contribution in [0.1, 0.15) is 31.0 Å². The molecule has 0 bridgehead atoms.